The molecule has 0 radical (unpaired) electrons. The van der Waals surface area contributed by atoms with E-state index in [1.54, 1.807) is 18.2 Å². The molecule has 2 unspecified atom stereocenters. The number of halogens is 3. The molecule has 2 rings (SSSR count). The summed E-state index contributed by atoms with van der Waals surface area (Å²) in [4.78, 5) is 0. The summed E-state index contributed by atoms with van der Waals surface area (Å²) in [5, 5.41) is 0.495. The van der Waals surface area contributed by atoms with Crippen LogP contribution in [0.25, 0.3) is 0 Å². The van der Waals surface area contributed by atoms with E-state index < -0.39 is 17.4 Å². The monoisotopic (exact) mass is 364 g/mol. The Morgan fingerprint density at radius 1 is 1.41 bits per heavy atom. The van der Waals surface area contributed by atoms with Crippen LogP contribution < -0.4 is 11.5 Å². The lowest BCUT2D eigenvalue weighted by atomic mass is 9.81. The average Bonchev–Trinajstić information content (AvgIpc) is 2.23. The lowest BCUT2D eigenvalue weighted by Crippen LogP contribution is -2.51. The Morgan fingerprint density at radius 3 is 2.76 bits per heavy atom. The number of rotatable bonds is 1. The molecular weight excluding hydrogens is 354 g/mol. The summed E-state index contributed by atoms with van der Waals surface area (Å²) in [6, 6.07) is 4.93. The van der Waals surface area contributed by atoms with Crippen LogP contribution in [0, 0.1) is 3.57 Å². The summed E-state index contributed by atoms with van der Waals surface area (Å²) < 4.78 is 14.3. The Kier molecular flexibility index (Phi) is 3.58. The van der Waals surface area contributed by atoms with Crippen molar-refractivity contribution < 1.29 is 4.39 Å². The Balaban J connectivity index is 2.55. The Labute approximate surface area is 118 Å². The maximum atomic E-state index is 13.3. The fourth-order valence-corrected chi connectivity index (χ4v) is 2.84. The number of hydrogen-bond acceptors (Lipinski definition) is 2. The second-order valence-corrected chi connectivity index (χ2v) is 5.62. The van der Waals surface area contributed by atoms with Crippen molar-refractivity contribution in [2.75, 3.05) is 0 Å². The number of benzene rings is 1. The van der Waals surface area contributed by atoms with E-state index in [2.05, 4.69) is 22.6 Å². The molecule has 2 atom stereocenters. The highest BCUT2D eigenvalue weighted by Crippen LogP contribution is 2.34. The van der Waals surface area contributed by atoms with E-state index in [1.165, 1.54) is 12.2 Å². The van der Waals surface area contributed by atoms with Crippen LogP contribution in [0.3, 0.4) is 0 Å². The molecule has 90 valence electrons. The van der Waals surface area contributed by atoms with Crippen molar-refractivity contribution in [3.63, 3.8) is 0 Å². The molecule has 4 N–H and O–H groups in total. The molecule has 1 aliphatic rings. The van der Waals surface area contributed by atoms with Crippen LogP contribution in [0.2, 0.25) is 5.02 Å². The van der Waals surface area contributed by atoms with Crippen molar-refractivity contribution >= 4 is 34.2 Å². The Bertz CT molecular complexity index is 515. The van der Waals surface area contributed by atoms with Crippen LogP contribution in [0.15, 0.2) is 42.3 Å². The molecule has 0 amide bonds. The molecule has 0 bridgehead atoms. The molecular formula is C12H11ClFIN2. The lowest BCUT2D eigenvalue weighted by molar-refractivity contribution is 0.470. The van der Waals surface area contributed by atoms with E-state index in [-0.39, 0.29) is 0 Å². The third-order valence-corrected chi connectivity index (χ3v) is 3.77. The zero-order valence-corrected chi connectivity index (χ0v) is 11.7. The van der Waals surface area contributed by atoms with Gasteiger partial charge in [-0.3, -0.25) is 0 Å². The first-order valence-electron chi connectivity index (χ1n) is 5.00. The first-order chi connectivity index (χ1) is 7.93. The van der Waals surface area contributed by atoms with Gasteiger partial charge in [-0.1, -0.05) is 23.7 Å². The molecule has 0 aliphatic heterocycles. The van der Waals surface area contributed by atoms with E-state index in [9.17, 15) is 4.39 Å². The maximum absolute atomic E-state index is 13.3. The van der Waals surface area contributed by atoms with Gasteiger partial charge in [0, 0.05) is 14.6 Å². The average molecular weight is 365 g/mol. The van der Waals surface area contributed by atoms with Crippen LogP contribution in [-0.2, 0) is 5.54 Å². The minimum atomic E-state index is -1.10. The molecule has 5 heteroatoms. The topological polar surface area (TPSA) is 52.0 Å². The highest BCUT2D eigenvalue weighted by atomic mass is 127. The molecule has 0 saturated heterocycles. The van der Waals surface area contributed by atoms with Crippen LogP contribution in [-0.4, -0.2) is 6.04 Å². The number of allylic oxidation sites excluding steroid dienone is 2. The summed E-state index contributed by atoms with van der Waals surface area (Å²) in [6.45, 7) is 0. The predicted octanol–water partition coefficient (Wildman–Crippen LogP) is 2.85. The summed E-state index contributed by atoms with van der Waals surface area (Å²) in [7, 11) is 0. The fraction of sp³-hybridized carbons (Fsp3) is 0.167. The molecule has 2 nitrogen and oxygen atoms in total. The first kappa shape index (κ1) is 13.0. The highest BCUT2D eigenvalue weighted by Gasteiger charge is 2.35. The van der Waals surface area contributed by atoms with Gasteiger partial charge >= 0.3 is 0 Å². The molecule has 0 fully saturated rings. The quantitative estimate of drug-likeness (QED) is 0.753. The standard InChI is InChI=1S/C12H11ClFIN2/c13-10-5-8(15)2-3-9(10)12(17)6-7(14)1-4-11(12)16/h1-6,11H,16-17H2. The summed E-state index contributed by atoms with van der Waals surface area (Å²) in [6.07, 6.45) is 4.17. The van der Waals surface area contributed by atoms with Gasteiger partial charge in [-0.05, 0) is 52.4 Å². The van der Waals surface area contributed by atoms with E-state index >= 15 is 0 Å². The SMILES string of the molecule is NC1C=CC(F)=CC1(N)c1ccc(I)cc1Cl. The largest absolute Gasteiger partial charge is 0.322 e. The van der Waals surface area contributed by atoms with Gasteiger partial charge in [-0.15, -0.1) is 0 Å². The molecule has 1 aromatic carbocycles. The summed E-state index contributed by atoms with van der Waals surface area (Å²) in [5.74, 6) is -0.399. The zero-order chi connectivity index (χ0) is 12.6. The molecule has 0 saturated carbocycles. The van der Waals surface area contributed by atoms with Crippen molar-refractivity contribution in [1.29, 1.82) is 0 Å². The van der Waals surface area contributed by atoms with Gasteiger partial charge in [-0.25, -0.2) is 4.39 Å². The van der Waals surface area contributed by atoms with Crippen molar-refractivity contribution in [2.24, 2.45) is 11.5 Å². The minimum absolute atomic E-state index is 0.399. The highest BCUT2D eigenvalue weighted by molar-refractivity contribution is 14.1. The Hall–Kier alpha value is -0.430. The van der Waals surface area contributed by atoms with Crippen molar-refractivity contribution in [2.45, 2.75) is 11.6 Å². The van der Waals surface area contributed by atoms with Gasteiger partial charge in [0.2, 0.25) is 0 Å². The molecule has 0 heterocycles. The second kappa shape index (κ2) is 4.68. The van der Waals surface area contributed by atoms with Crippen LogP contribution in [0.5, 0.6) is 0 Å². The molecule has 0 aromatic heterocycles. The van der Waals surface area contributed by atoms with E-state index in [0.717, 1.165) is 3.57 Å². The van der Waals surface area contributed by atoms with Gasteiger partial charge in [0.25, 0.3) is 0 Å². The fourth-order valence-electron chi connectivity index (χ4n) is 1.83. The van der Waals surface area contributed by atoms with Gasteiger partial charge < -0.3 is 11.5 Å². The molecule has 17 heavy (non-hydrogen) atoms. The minimum Gasteiger partial charge on any atom is -0.322 e. The van der Waals surface area contributed by atoms with Crippen molar-refractivity contribution in [1.82, 2.24) is 0 Å². The third-order valence-electron chi connectivity index (χ3n) is 2.79. The molecule has 1 aromatic rings. The zero-order valence-electron chi connectivity index (χ0n) is 8.83. The first-order valence-corrected chi connectivity index (χ1v) is 6.46. The van der Waals surface area contributed by atoms with Crippen molar-refractivity contribution in [3.8, 4) is 0 Å². The summed E-state index contributed by atoms with van der Waals surface area (Å²) >= 11 is 8.30. The molecule has 0 spiro atoms. The van der Waals surface area contributed by atoms with E-state index in [0.29, 0.717) is 10.6 Å². The third kappa shape index (κ3) is 2.40. The second-order valence-electron chi connectivity index (χ2n) is 3.97. The van der Waals surface area contributed by atoms with Gasteiger partial charge in [-0.2, -0.15) is 0 Å². The van der Waals surface area contributed by atoms with Crippen molar-refractivity contribution in [3.05, 3.63) is 56.4 Å². The predicted molar refractivity (Wildman–Crippen MR) is 76.3 cm³/mol. The lowest BCUT2D eigenvalue weighted by Gasteiger charge is -2.34. The van der Waals surface area contributed by atoms with Crippen LogP contribution >= 0.6 is 34.2 Å². The normalized spacial score (nSPS) is 28.1. The number of nitrogens with two attached hydrogens (primary N) is 2. The van der Waals surface area contributed by atoms with E-state index in [4.69, 9.17) is 23.1 Å². The van der Waals surface area contributed by atoms with Gasteiger partial charge in [0.05, 0.1) is 5.54 Å². The van der Waals surface area contributed by atoms with Crippen LogP contribution in [0.1, 0.15) is 5.56 Å². The van der Waals surface area contributed by atoms with Gasteiger partial charge in [0.15, 0.2) is 0 Å². The summed E-state index contributed by atoms with van der Waals surface area (Å²) in [5.41, 5.74) is 11.7. The Morgan fingerprint density at radius 2 is 2.12 bits per heavy atom. The maximum Gasteiger partial charge on any atom is 0.121 e. The number of hydrogen-bond donors (Lipinski definition) is 2. The smallest absolute Gasteiger partial charge is 0.121 e. The molecule has 1 aliphatic carbocycles. The van der Waals surface area contributed by atoms with Crippen LogP contribution in [0.4, 0.5) is 4.39 Å². The van der Waals surface area contributed by atoms with Gasteiger partial charge in [0.1, 0.15) is 5.83 Å². The van der Waals surface area contributed by atoms with E-state index in [1.807, 2.05) is 6.07 Å².